The predicted octanol–water partition coefficient (Wildman–Crippen LogP) is 1.24. The zero-order valence-corrected chi connectivity index (χ0v) is 11.9. The summed E-state index contributed by atoms with van der Waals surface area (Å²) >= 11 is 0. The minimum absolute atomic E-state index is 0.127. The molecule has 0 atom stereocenters. The Morgan fingerprint density at radius 3 is 2.57 bits per heavy atom. The summed E-state index contributed by atoms with van der Waals surface area (Å²) in [4.78, 5) is 25.0. The number of aromatic nitrogens is 2. The number of nitrogens with one attached hydrogen (secondary N) is 1. The Balaban J connectivity index is 2.14. The Morgan fingerprint density at radius 1 is 1.29 bits per heavy atom. The molecule has 6 nitrogen and oxygen atoms in total. The maximum Gasteiger partial charge on any atom is 0.274 e. The number of carbonyl (C=O) groups is 2. The molecule has 0 fully saturated rings. The summed E-state index contributed by atoms with van der Waals surface area (Å²) in [6.07, 6.45) is 0.127. The fourth-order valence-corrected chi connectivity index (χ4v) is 1.99. The molecule has 1 aromatic heterocycles. The van der Waals surface area contributed by atoms with Crippen LogP contribution in [-0.4, -0.2) is 33.5 Å². The number of aryl methyl sites for hydroxylation is 1. The van der Waals surface area contributed by atoms with Crippen molar-refractivity contribution in [3.05, 3.63) is 53.3 Å². The first-order valence-corrected chi connectivity index (χ1v) is 6.70. The summed E-state index contributed by atoms with van der Waals surface area (Å²) in [5, 5.41) is 6.72. The van der Waals surface area contributed by atoms with E-state index in [0.717, 1.165) is 11.3 Å². The summed E-state index contributed by atoms with van der Waals surface area (Å²) in [5.41, 5.74) is 7.32. The second-order valence-corrected chi connectivity index (χ2v) is 4.86. The summed E-state index contributed by atoms with van der Waals surface area (Å²) in [6, 6.07) is 11.3. The average molecular weight is 286 g/mol. The monoisotopic (exact) mass is 286 g/mol. The van der Waals surface area contributed by atoms with Gasteiger partial charge in [0, 0.05) is 25.2 Å². The first kappa shape index (κ1) is 14.8. The van der Waals surface area contributed by atoms with E-state index in [0.29, 0.717) is 12.2 Å². The molecule has 2 amide bonds. The summed E-state index contributed by atoms with van der Waals surface area (Å²) in [7, 11) is 0. The first-order valence-electron chi connectivity index (χ1n) is 6.70. The van der Waals surface area contributed by atoms with E-state index in [1.165, 1.54) is 0 Å². The SMILES string of the molecule is Cc1cc(C(=O)N(CCC(N)=O)Cc2ccccc2)n[nH]1. The highest BCUT2D eigenvalue weighted by Gasteiger charge is 2.19. The fraction of sp³-hybridized carbons (Fsp3) is 0.267. The predicted molar refractivity (Wildman–Crippen MR) is 78.3 cm³/mol. The summed E-state index contributed by atoms with van der Waals surface area (Å²) < 4.78 is 0. The van der Waals surface area contributed by atoms with E-state index in [2.05, 4.69) is 10.2 Å². The molecule has 2 rings (SSSR count). The smallest absolute Gasteiger partial charge is 0.274 e. The lowest BCUT2D eigenvalue weighted by molar-refractivity contribution is -0.118. The third-order valence-corrected chi connectivity index (χ3v) is 3.06. The topological polar surface area (TPSA) is 92.1 Å². The van der Waals surface area contributed by atoms with Crippen molar-refractivity contribution in [2.45, 2.75) is 19.9 Å². The van der Waals surface area contributed by atoms with Crippen LogP contribution < -0.4 is 5.73 Å². The lowest BCUT2D eigenvalue weighted by Gasteiger charge is -2.21. The van der Waals surface area contributed by atoms with Gasteiger partial charge in [-0.2, -0.15) is 5.10 Å². The lowest BCUT2D eigenvalue weighted by atomic mass is 10.2. The number of carbonyl (C=O) groups excluding carboxylic acids is 2. The van der Waals surface area contributed by atoms with Crippen LogP contribution in [0.3, 0.4) is 0 Å². The van der Waals surface area contributed by atoms with E-state index in [9.17, 15) is 9.59 Å². The van der Waals surface area contributed by atoms with Crippen molar-refractivity contribution in [2.24, 2.45) is 5.73 Å². The maximum absolute atomic E-state index is 12.5. The van der Waals surface area contributed by atoms with Gasteiger partial charge in [0.25, 0.3) is 5.91 Å². The second-order valence-electron chi connectivity index (χ2n) is 4.86. The molecule has 0 bridgehead atoms. The highest BCUT2D eigenvalue weighted by molar-refractivity contribution is 5.92. The number of H-pyrrole nitrogens is 1. The number of rotatable bonds is 6. The van der Waals surface area contributed by atoms with Gasteiger partial charge >= 0.3 is 0 Å². The number of aromatic amines is 1. The summed E-state index contributed by atoms with van der Waals surface area (Å²) in [5.74, 6) is -0.650. The molecule has 1 aromatic carbocycles. The standard InChI is InChI=1S/C15H18N4O2/c1-11-9-13(18-17-11)15(21)19(8-7-14(16)20)10-12-5-3-2-4-6-12/h2-6,9H,7-8,10H2,1H3,(H2,16,20)(H,17,18). The van der Waals surface area contributed by atoms with Crippen LogP contribution in [-0.2, 0) is 11.3 Å². The molecule has 0 spiro atoms. The van der Waals surface area contributed by atoms with Gasteiger partial charge in [-0.25, -0.2) is 0 Å². The van der Waals surface area contributed by atoms with Gasteiger partial charge in [-0.05, 0) is 18.6 Å². The van der Waals surface area contributed by atoms with Crippen LogP contribution in [0.2, 0.25) is 0 Å². The van der Waals surface area contributed by atoms with Crippen molar-refractivity contribution in [1.29, 1.82) is 0 Å². The van der Waals surface area contributed by atoms with E-state index >= 15 is 0 Å². The number of nitrogens with zero attached hydrogens (tertiary/aromatic N) is 2. The van der Waals surface area contributed by atoms with Crippen molar-refractivity contribution < 1.29 is 9.59 Å². The van der Waals surface area contributed by atoms with Gasteiger partial charge in [-0.15, -0.1) is 0 Å². The molecule has 3 N–H and O–H groups in total. The number of nitrogens with two attached hydrogens (primary N) is 1. The van der Waals surface area contributed by atoms with Crippen LogP contribution in [0.4, 0.5) is 0 Å². The third kappa shape index (κ3) is 4.17. The van der Waals surface area contributed by atoms with Gasteiger partial charge in [0.15, 0.2) is 0 Å². The zero-order valence-electron chi connectivity index (χ0n) is 11.9. The van der Waals surface area contributed by atoms with E-state index in [1.807, 2.05) is 37.3 Å². The molecule has 21 heavy (non-hydrogen) atoms. The highest BCUT2D eigenvalue weighted by atomic mass is 16.2. The van der Waals surface area contributed by atoms with Gasteiger partial charge in [0.2, 0.25) is 5.91 Å². The van der Waals surface area contributed by atoms with Crippen LogP contribution in [0.15, 0.2) is 36.4 Å². The molecule has 1 heterocycles. The maximum atomic E-state index is 12.5. The minimum atomic E-state index is -0.431. The number of amides is 2. The van der Waals surface area contributed by atoms with Crippen LogP contribution in [0.5, 0.6) is 0 Å². The largest absolute Gasteiger partial charge is 0.370 e. The Morgan fingerprint density at radius 2 is 2.00 bits per heavy atom. The van der Waals surface area contributed by atoms with Crippen molar-refractivity contribution in [3.8, 4) is 0 Å². The van der Waals surface area contributed by atoms with Gasteiger partial charge in [0.05, 0.1) is 0 Å². The third-order valence-electron chi connectivity index (χ3n) is 3.06. The second kappa shape index (κ2) is 6.69. The molecule has 0 radical (unpaired) electrons. The number of benzene rings is 1. The first-order chi connectivity index (χ1) is 10.1. The van der Waals surface area contributed by atoms with Crippen molar-refractivity contribution >= 4 is 11.8 Å². The van der Waals surface area contributed by atoms with Gasteiger partial charge < -0.3 is 10.6 Å². The number of primary amides is 1. The van der Waals surface area contributed by atoms with Crippen molar-refractivity contribution in [3.63, 3.8) is 0 Å². The van der Waals surface area contributed by atoms with E-state index in [1.54, 1.807) is 11.0 Å². The Hall–Kier alpha value is -2.63. The molecule has 0 aliphatic carbocycles. The molecule has 6 heteroatoms. The van der Waals surface area contributed by atoms with E-state index in [4.69, 9.17) is 5.73 Å². The Labute approximate surface area is 122 Å². The molecule has 0 aliphatic rings. The average Bonchev–Trinajstić information content (AvgIpc) is 2.90. The van der Waals surface area contributed by atoms with E-state index < -0.39 is 5.91 Å². The van der Waals surface area contributed by atoms with Gasteiger partial charge in [-0.1, -0.05) is 30.3 Å². The molecule has 0 saturated heterocycles. The van der Waals surface area contributed by atoms with Crippen LogP contribution in [0.1, 0.15) is 28.2 Å². The molecule has 0 unspecified atom stereocenters. The molecular formula is C15H18N4O2. The van der Waals surface area contributed by atoms with Crippen molar-refractivity contribution in [1.82, 2.24) is 15.1 Å². The molecular weight excluding hydrogens is 268 g/mol. The van der Waals surface area contributed by atoms with Crippen molar-refractivity contribution in [2.75, 3.05) is 6.54 Å². The molecule has 0 aliphatic heterocycles. The van der Waals surface area contributed by atoms with Gasteiger partial charge in [0.1, 0.15) is 5.69 Å². The normalized spacial score (nSPS) is 10.3. The molecule has 2 aromatic rings. The van der Waals surface area contributed by atoms with Gasteiger partial charge in [-0.3, -0.25) is 14.7 Å². The molecule has 0 saturated carbocycles. The molecule has 110 valence electrons. The lowest BCUT2D eigenvalue weighted by Crippen LogP contribution is -2.33. The number of hydrogen-bond acceptors (Lipinski definition) is 3. The Kier molecular flexibility index (Phi) is 4.71. The quantitative estimate of drug-likeness (QED) is 0.836. The van der Waals surface area contributed by atoms with Crippen LogP contribution >= 0.6 is 0 Å². The zero-order chi connectivity index (χ0) is 15.2. The summed E-state index contributed by atoms with van der Waals surface area (Å²) in [6.45, 7) is 2.52. The van der Waals surface area contributed by atoms with E-state index in [-0.39, 0.29) is 18.9 Å². The minimum Gasteiger partial charge on any atom is -0.370 e. The van der Waals surface area contributed by atoms with Crippen LogP contribution in [0, 0.1) is 6.92 Å². The highest BCUT2D eigenvalue weighted by Crippen LogP contribution is 2.10. The number of hydrogen-bond donors (Lipinski definition) is 2. The van der Waals surface area contributed by atoms with Crippen LogP contribution in [0.25, 0.3) is 0 Å². The fourth-order valence-electron chi connectivity index (χ4n) is 1.99. The Bertz CT molecular complexity index is 622.